The molecule has 8 heteroatoms. The molecule has 1 amide bonds. The van der Waals surface area contributed by atoms with Gasteiger partial charge >= 0.3 is 0 Å². The number of aliphatic hydroxyl groups is 1. The van der Waals surface area contributed by atoms with E-state index in [1.54, 1.807) is 0 Å². The maximum atomic E-state index is 13.2. The lowest BCUT2D eigenvalue weighted by atomic mass is 10.1. The molecule has 20 heavy (non-hydrogen) atoms. The summed E-state index contributed by atoms with van der Waals surface area (Å²) < 4.78 is 26.3. The van der Waals surface area contributed by atoms with Crippen molar-refractivity contribution in [3.63, 3.8) is 0 Å². The van der Waals surface area contributed by atoms with Gasteiger partial charge in [0.2, 0.25) is 0 Å². The summed E-state index contributed by atoms with van der Waals surface area (Å²) in [5.41, 5.74) is -1.29. The summed E-state index contributed by atoms with van der Waals surface area (Å²) >= 11 is 0. The Hall–Kier alpha value is -2.09. The highest BCUT2D eigenvalue weighted by molar-refractivity contribution is 5.98. The zero-order chi connectivity index (χ0) is 14.9. The maximum absolute atomic E-state index is 13.2. The molecule has 0 bridgehead atoms. The largest absolute Gasteiger partial charge is 0.391 e. The van der Waals surface area contributed by atoms with Gasteiger partial charge in [-0.15, -0.1) is 0 Å². The highest BCUT2D eigenvalue weighted by atomic mass is 19.2. The fraction of sp³-hybridized carbons (Fsp3) is 0.417. The van der Waals surface area contributed by atoms with Crippen molar-refractivity contribution in [3.8, 4) is 0 Å². The summed E-state index contributed by atoms with van der Waals surface area (Å²) in [7, 11) is 0. The first kappa shape index (κ1) is 14.3. The van der Waals surface area contributed by atoms with Crippen LogP contribution in [-0.4, -0.2) is 40.0 Å². The molecule has 0 aliphatic carbocycles. The van der Waals surface area contributed by atoms with Crippen molar-refractivity contribution >= 4 is 11.6 Å². The number of β-amino-alcohol motifs (C(OH)–C–C–N with tert-alkyl or cyclic N) is 1. The molecule has 1 aliphatic heterocycles. The number of halogens is 2. The highest BCUT2D eigenvalue weighted by Gasteiger charge is 2.29. The maximum Gasteiger partial charge on any atom is 0.285 e. The summed E-state index contributed by atoms with van der Waals surface area (Å²) in [6.07, 6.45) is 0.366. The standard InChI is InChI=1S/C12H12F2N2O4/c13-9-4-8(11(16(19)20)5-10(9)14)12(18)15-3-1-2-7(17)6-15/h4-5,7,17H,1-3,6H2/t7-/m0/s1. The molecule has 0 saturated carbocycles. The first-order chi connectivity index (χ1) is 9.40. The Balaban J connectivity index is 2.38. The minimum absolute atomic E-state index is 0.0228. The number of hydrogen-bond acceptors (Lipinski definition) is 4. The third-order valence-corrected chi connectivity index (χ3v) is 3.15. The van der Waals surface area contributed by atoms with Crippen molar-refractivity contribution in [3.05, 3.63) is 39.4 Å². The number of carbonyl (C=O) groups excluding carboxylic acids is 1. The van der Waals surface area contributed by atoms with Crippen molar-refractivity contribution in [1.82, 2.24) is 4.90 Å². The van der Waals surface area contributed by atoms with Crippen LogP contribution in [0.4, 0.5) is 14.5 Å². The van der Waals surface area contributed by atoms with Gasteiger partial charge in [0.15, 0.2) is 11.6 Å². The number of nitro benzene ring substituents is 1. The number of likely N-dealkylation sites (tertiary alicyclic amines) is 1. The molecule has 6 nitrogen and oxygen atoms in total. The van der Waals surface area contributed by atoms with E-state index in [2.05, 4.69) is 0 Å². The molecule has 2 rings (SSSR count). The Morgan fingerprint density at radius 2 is 2.05 bits per heavy atom. The van der Waals surface area contributed by atoms with Crippen molar-refractivity contribution in [1.29, 1.82) is 0 Å². The van der Waals surface area contributed by atoms with E-state index in [0.717, 1.165) is 0 Å². The summed E-state index contributed by atoms with van der Waals surface area (Å²) in [5, 5.41) is 20.3. The molecule has 1 aliphatic rings. The second-order valence-corrected chi connectivity index (χ2v) is 4.59. The molecule has 1 heterocycles. The third kappa shape index (κ3) is 2.74. The SMILES string of the molecule is O=C(c1cc(F)c(F)cc1[N+](=O)[O-])N1CCC[C@H](O)C1. The van der Waals surface area contributed by atoms with Crippen LogP contribution >= 0.6 is 0 Å². The monoisotopic (exact) mass is 286 g/mol. The number of nitrogens with zero attached hydrogens (tertiary/aromatic N) is 2. The normalized spacial score (nSPS) is 18.9. The lowest BCUT2D eigenvalue weighted by Gasteiger charge is -2.30. The number of aliphatic hydroxyl groups excluding tert-OH is 1. The van der Waals surface area contributed by atoms with Crippen LogP contribution in [0.5, 0.6) is 0 Å². The predicted octanol–water partition coefficient (Wildman–Crippen LogP) is 1.47. The number of rotatable bonds is 2. The van der Waals surface area contributed by atoms with Crippen LogP contribution in [0.25, 0.3) is 0 Å². The molecule has 1 saturated heterocycles. The second-order valence-electron chi connectivity index (χ2n) is 4.59. The first-order valence-corrected chi connectivity index (χ1v) is 6.01. The first-order valence-electron chi connectivity index (χ1n) is 6.01. The van der Waals surface area contributed by atoms with Crippen LogP contribution in [0.1, 0.15) is 23.2 Å². The molecule has 108 valence electrons. The van der Waals surface area contributed by atoms with Crippen molar-refractivity contribution in [2.75, 3.05) is 13.1 Å². The summed E-state index contributed by atoms with van der Waals surface area (Å²) in [5.74, 6) is -3.49. The summed E-state index contributed by atoms with van der Waals surface area (Å²) in [4.78, 5) is 23.3. The minimum Gasteiger partial charge on any atom is -0.391 e. The van der Waals surface area contributed by atoms with Gasteiger partial charge in [-0.1, -0.05) is 0 Å². The van der Waals surface area contributed by atoms with E-state index in [4.69, 9.17) is 0 Å². The van der Waals surface area contributed by atoms with Gasteiger partial charge in [-0.05, 0) is 18.9 Å². The predicted molar refractivity (Wildman–Crippen MR) is 64.2 cm³/mol. The van der Waals surface area contributed by atoms with Gasteiger partial charge in [-0.2, -0.15) is 0 Å². The van der Waals surface area contributed by atoms with Gasteiger partial charge in [0.1, 0.15) is 5.56 Å². The van der Waals surface area contributed by atoms with E-state index in [1.165, 1.54) is 4.90 Å². The van der Waals surface area contributed by atoms with E-state index < -0.39 is 39.8 Å². The van der Waals surface area contributed by atoms with Crippen LogP contribution in [0.2, 0.25) is 0 Å². The van der Waals surface area contributed by atoms with Crippen LogP contribution in [0, 0.1) is 21.7 Å². The van der Waals surface area contributed by atoms with Gasteiger partial charge in [-0.3, -0.25) is 14.9 Å². The zero-order valence-corrected chi connectivity index (χ0v) is 10.4. The molecule has 0 unspecified atom stereocenters. The molecular formula is C12H12F2N2O4. The van der Waals surface area contributed by atoms with Gasteiger partial charge < -0.3 is 10.0 Å². The van der Waals surface area contributed by atoms with Crippen molar-refractivity contribution in [2.45, 2.75) is 18.9 Å². The Morgan fingerprint density at radius 1 is 1.40 bits per heavy atom. The molecule has 0 spiro atoms. The van der Waals surface area contributed by atoms with E-state index in [0.29, 0.717) is 31.5 Å². The fourth-order valence-electron chi connectivity index (χ4n) is 2.17. The van der Waals surface area contributed by atoms with Gasteiger partial charge in [0, 0.05) is 13.1 Å². The molecule has 1 atom stereocenters. The van der Waals surface area contributed by atoms with Gasteiger partial charge in [0.25, 0.3) is 11.6 Å². The van der Waals surface area contributed by atoms with Crippen LogP contribution < -0.4 is 0 Å². The number of amides is 1. The van der Waals surface area contributed by atoms with E-state index in [9.17, 15) is 28.8 Å². The average Bonchev–Trinajstić information content (AvgIpc) is 2.40. The van der Waals surface area contributed by atoms with Crippen LogP contribution in [0.3, 0.4) is 0 Å². The molecule has 1 fully saturated rings. The molecule has 0 aromatic heterocycles. The topological polar surface area (TPSA) is 83.7 Å². The van der Waals surface area contributed by atoms with E-state index in [1.807, 2.05) is 0 Å². The number of carbonyl (C=O) groups is 1. The lowest BCUT2D eigenvalue weighted by molar-refractivity contribution is -0.385. The van der Waals surface area contributed by atoms with Crippen LogP contribution in [-0.2, 0) is 0 Å². The van der Waals surface area contributed by atoms with Gasteiger partial charge in [0.05, 0.1) is 17.1 Å². The molecule has 1 aromatic rings. The third-order valence-electron chi connectivity index (χ3n) is 3.15. The quantitative estimate of drug-likeness (QED) is 0.659. The highest BCUT2D eigenvalue weighted by Crippen LogP contribution is 2.25. The van der Waals surface area contributed by atoms with Crippen molar-refractivity contribution in [2.24, 2.45) is 0 Å². The Bertz CT molecular complexity index is 565. The summed E-state index contributed by atoms with van der Waals surface area (Å²) in [6.45, 7) is 0.334. The minimum atomic E-state index is -1.38. The number of benzene rings is 1. The lowest BCUT2D eigenvalue weighted by Crippen LogP contribution is -2.42. The Morgan fingerprint density at radius 3 is 2.65 bits per heavy atom. The average molecular weight is 286 g/mol. The Kier molecular flexibility index (Phi) is 3.93. The molecule has 1 aromatic carbocycles. The van der Waals surface area contributed by atoms with Crippen LogP contribution in [0.15, 0.2) is 12.1 Å². The smallest absolute Gasteiger partial charge is 0.285 e. The fourth-order valence-corrected chi connectivity index (χ4v) is 2.17. The van der Waals surface area contributed by atoms with Gasteiger partial charge in [-0.25, -0.2) is 8.78 Å². The zero-order valence-electron chi connectivity index (χ0n) is 10.4. The molecule has 1 N–H and O–H groups in total. The number of nitro groups is 1. The Labute approximate surface area is 112 Å². The van der Waals surface area contributed by atoms with E-state index >= 15 is 0 Å². The number of piperidine rings is 1. The van der Waals surface area contributed by atoms with E-state index in [-0.39, 0.29) is 6.54 Å². The molecule has 0 radical (unpaired) electrons. The van der Waals surface area contributed by atoms with Crippen molar-refractivity contribution < 1.29 is 23.6 Å². The number of hydrogen-bond donors (Lipinski definition) is 1. The second kappa shape index (κ2) is 5.49. The molecular weight excluding hydrogens is 274 g/mol. The summed E-state index contributed by atoms with van der Waals surface area (Å²) in [6, 6.07) is 0.916.